The van der Waals surface area contributed by atoms with E-state index < -0.39 is 32.7 Å². The molecule has 7 heteroatoms. The summed E-state index contributed by atoms with van der Waals surface area (Å²) < 4.78 is 23.7. The first-order chi connectivity index (χ1) is 9.80. The Morgan fingerprint density at radius 2 is 1.76 bits per heavy atom. The fourth-order valence-electron chi connectivity index (χ4n) is 1.89. The van der Waals surface area contributed by atoms with Crippen LogP contribution in [0.3, 0.4) is 0 Å². The molecule has 0 heterocycles. The molecule has 0 aliphatic carbocycles. The second kappa shape index (κ2) is 7.21. The number of benzene rings is 1. The Morgan fingerprint density at radius 1 is 1.19 bits per heavy atom. The van der Waals surface area contributed by atoms with Gasteiger partial charge in [0, 0.05) is 5.69 Å². The van der Waals surface area contributed by atoms with E-state index in [1.165, 1.54) is 6.92 Å². The molecule has 1 atom stereocenters. The van der Waals surface area contributed by atoms with Crippen LogP contribution in [0.15, 0.2) is 24.3 Å². The first-order valence-corrected chi connectivity index (χ1v) is 8.34. The van der Waals surface area contributed by atoms with Gasteiger partial charge in [0.05, 0.1) is 0 Å². The molecule has 0 aromatic heterocycles. The number of anilines is 1. The van der Waals surface area contributed by atoms with Crippen molar-refractivity contribution >= 4 is 27.4 Å². The van der Waals surface area contributed by atoms with Gasteiger partial charge in [-0.1, -0.05) is 26.0 Å². The zero-order valence-corrected chi connectivity index (χ0v) is 12.8. The summed E-state index contributed by atoms with van der Waals surface area (Å²) in [7, 11) is -4.02. The lowest BCUT2D eigenvalue weighted by Crippen LogP contribution is -2.35. The maximum Gasteiger partial charge on any atom is 0.321 e. The zero-order valence-electron chi connectivity index (χ0n) is 12.0. The SMILES string of the molecule is CCc1ccc(NC(=O)CS(=O)(=O)C(CC)C(=O)O)cc1. The first kappa shape index (κ1) is 17.2. The fourth-order valence-corrected chi connectivity index (χ4v) is 3.34. The van der Waals surface area contributed by atoms with Crippen molar-refractivity contribution in [2.45, 2.75) is 31.9 Å². The lowest BCUT2D eigenvalue weighted by molar-refractivity contribution is -0.136. The molecule has 1 aromatic carbocycles. The van der Waals surface area contributed by atoms with Crippen molar-refractivity contribution in [2.24, 2.45) is 0 Å². The highest BCUT2D eigenvalue weighted by molar-refractivity contribution is 7.93. The standard InChI is InChI=1S/C14H19NO5S/c1-3-10-5-7-11(8-6-10)15-13(16)9-21(19,20)12(4-2)14(17)18/h5-8,12H,3-4,9H2,1-2H3,(H,15,16)(H,17,18). The van der Waals surface area contributed by atoms with Crippen molar-refractivity contribution in [3.63, 3.8) is 0 Å². The third-order valence-electron chi connectivity index (χ3n) is 3.06. The van der Waals surface area contributed by atoms with Crippen LogP contribution in [-0.4, -0.2) is 36.4 Å². The average Bonchev–Trinajstić information content (AvgIpc) is 2.38. The molecule has 0 radical (unpaired) electrons. The Balaban J connectivity index is 2.74. The van der Waals surface area contributed by atoms with Gasteiger partial charge in [0.1, 0.15) is 5.75 Å². The number of carbonyl (C=O) groups excluding carboxylic acids is 1. The van der Waals surface area contributed by atoms with Crippen molar-refractivity contribution in [1.29, 1.82) is 0 Å². The number of nitrogens with one attached hydrogen (secondary N) is 1. The van der Waals surface area contributed by atoms with Gasteiger partial charge in [-0.3, -0.25) is 9.59 Å². The average molecular weight is 313 g/mol. The molecular weight excluding hydrogens is 294 g/mol. The Morgan fingerprint density at radius 3 is 2.19 bits per heavy atom. The Labute approximate surface area is 124 Å². The zero-order chi connectivity index (χ0) is 16.0. The minimum absolute atomic E-state index is 0.0733. The number of carbonyl (C=O) groups is 2. The number of hydrogen-bond acceptors (Lipinski definition) is 4. The third kappa shape index (κ3) is 4.86. The predicted molar refractivity (Wildman–Crippen MR) is 80.0 cm³/mol. The highest BCUT2D eigenvalue weighted by atomic mass is 32.2. The fraction of sp³-hybridized carbons (Fsp3) is 0.429. The van der Waals surface area contributed by atoms with Crippen molar-refractivity contribution in [1.82, 2.24) is 0 Å². The van der Waals surface area contributed by atoms with E-state index in [1.54, 1.807) is 12.1 Å². The van der Waals surface area contributed by atoms with Crippen LogP contribution in [0.4, 0.5) is 5.69 Å². The van der Waals surface area contributed by atoms with Gasteiger partial charge in [-0.25, -0.2) is 8.42 Å². The summed E-state index contributed by atoms with van der Waals surface area (Å²) in [5.74, 6) is -3.01. The quantitative estimate of drug-likeness (QED) is 0.794. The van der Waals surface area contributed by atoms with Crippen molar-refractivity contribution in [2.75, 3.05) is 11.1 Å². The molecule has 0 fully saturated rings. The molecule has 1 aromatic rings. The number of rotatable bonds is 7. The van der Waals surface area contributed by atoms with Crippen LogP contribution in [0.2, 0.25) is 0 Å². The number of hydrogen-bond donors (Lipinski definition) is 2. The van der Waals surface area contributed by atoms with E-state index in [2.05, 4.69) is 5.32 Å². The van der Waals surface area contributed by atoms with Gasteiger partial charge in [0.2, 0.25) is 5.91 Å². The van der Waals surface area contributed by atoms with Crippen LogP contribution in [0, 0.1) is 0 Å². The number of carboxylic acids is 1. The third-order valence-corrected chi connectivity index (χ3v) is 5.12. The molecule has 6 nitrogen and oxygen atoms in total. The van der Waals surface area contributed by atoms with E-state index in [0.717, 1.165) is 12.0 Å². The number of sulfone groups is 1. The van der Waals surface area contributed by atoms with E-state index in [0.29, 0.717) is 5.69 Å². The smallest absolute Gasteiger partial charge is 0.321 e. The van der Waals surface area contributed by atoms with Crippen molar-refractivity contribution < 1.29 is 23.1 Å². The minimum Gasteiger partial charge on any atom is -0.480 e. The van der Waals surface area contributed by atoms with Gasteiger partial charge in [-0.05, 0) is 30.5 Å². The van der Waals surface area contributed by atoms with Crippen LogP contribution in [-0.2, 0) is 25.8 Å². The van der Waals surface area contributed by atoms with Crippen LogP contribution in [0.5, 0.6) is 0 Å². The largest absolute Gasteiger partial charge is 0.480 e. The lowest BCUT2D eigenvalue weighted by atomic mass is 10.1. The predicted octanol–water partition coefficient (Wildman–Crippen LogP) is 1.47. The second-order valence-electron chi connectivity index (χ2n) is 4.64. The number of aryl methyl sites for hydroxylation is 1. The summed E-state index contributed by atoms with van der Waals surface area (Å²) in [5.41, 5.74) is 1.58. The molecule has 0 bridgehead atoms. The number of aliphatic carboxylic acids is 1. The Hall–Kier alpha value is -1.89. The number of carboxylic acid groups (broad SMARTS) is 1. The van der Waals surface area contributed by atoms with Crippen LogP contribution < -0.4 is 5.32 Å². The second-order valence-corrected chi connectivity index (χ2v) is 6.82. The molecule has 0 saturated carbocycles. The van der Waals surface area contributed by atoms with Gasteiger partial charge in [0.25, 0.3) is 0 Å². The first-order valence-electron chi connectivity index (χ1n) is 6.63. The molecular formula is C14H19NO5S. The summed E-state index contributed by atoms with van der Waals surface area (Å²) in [6.07, 6.45) is 0.787. The van der Waals surface area contributed by atoms with E-state index >= 15 is 0 Å². The van der Waals surface area contributed by atoms with E-state index in [-0.39, 0.29) is 6.42 Å². The highest BCUT2D eigenvalue weighted by Gasteiger charge is 2.32. The van der Waals surface area contributed by atoms with Crippen molar-refractivity contribution in [3.8, 4) is 0 Å². The molecule has 0 spiro atoms. The van der Waals surface area contributed by atoms with Gasteiger partial charge >= 0.3 is 5.97 Å². The Kier molecular flexibility index (Phi) is 5.90. The molecule has 2 N–H and O–H groups in total. The molecule has 0 aliphatic heterocycles. The van der Waals surface area contributed by atoms with Gasteiger partial charge in [0.15, 0.2) is 15.1 Å². The lowest BCUT2D eigenvalue weighted by Gasteiger charge is -2.11. The van der Waals surface area contributed by atoms with E-state index in [4.69, 9.17) is 5.11 Å². The number of amides is 1. The maximum absolute atomic E-state index is 11.9. The molecule has 0 aliphatic rings. The van der Waals surface area contributed by atoms with E-state index in [9.17, 15) is 18.0 Å². The van der Waals surface area contributed by atoms with Crippen LogP contribution in [0.1, 0.15) is 25.8 Å². The van der Waals surface area contributed by atoms with E-state index in [1.807, 2.05) is 19.1 Å². The monoisotopic (exact) mass is 313 g/mol. The summed E-state index contributed by atoms with van der Waals surface area (Å²) in [6.45, 7) is 3.45. The topological polar surface area (TPSA) is 101 Å². The maximum atomic E-state index is 11.9. The molecule has 0 saturated heterocycles. The minimum atomic E-state index is -4.02. The molecule has 116 valence electrons. The summed E-state index contributed by atoms with van der Waals surface area (Å²) in [5, 5.41) is 9.76. The normalized spacial score (nSPS) is 12.7. The molecule has 1 unspecified atom stereocenters. The molecule has 1 rings (SSSR count). The van der Waals surface area contributed by atoms with Crippen LogP contribution >= 0.6 is 0 Å². The summed E-state index contributed by atoms with van der Waals surface area (Å²) >= 11 is 0. The molecule has 1 amide bonds. The summed E-state index contributed by atoms with van der Waals surface area (Å²) in [6, 6.07) is 7.02. The summed E-state index contributed by atoms with van der Waals surface area (Å²) in [4.78, 5) is 22.6. The van der Waals surface area contributed by atoms with Crippen molar-refractivity contribution in [3.05, 3.63) is 29.8 Å². The van der Waals surface area contributed by atoms with Gasteiger partial charge in [-0.2, -0.15) is 0 Å². The Bertz CT molecular complexity index is 607. The van der Waals surface area contributed by atoms with Crippen LogP contribution in [0.25, 0.3) is 0 Å². The highest BCUT2D eigenvalue weighted by Crippen LogP contribution is 2.12. The van der Waals surface area contributed by atoms with Gasteiger partial charge in [-0.15, -0.1) is 0 Å². The molecule has 21 heavy (non-hydrogen) atoms. The van der Waals surface area contributed by atoms with Gasteiger partial charge < -0.3 is 10.4 Å².